The van der Waals surface area contributed by atoms with Crippen LogP contribution in [0.3, 0.4) is 0 Å². The molecule has 1 aromatic carbocycles. The highest BCUT2D eigenvalue weighted by molar-refractivity contribution is 7.98. The van der Waals surface area contributed by atoms with Gasteiger partial charge in [-0.15, -0.1) is 23.1 Å². The topological polar surface area (TPSA) is 36.4 Å². The van der Waals surface area contributed by atoms with E-state index in [4.69, 9.17) is 0 Å². The van der Waals surface area contributed by atoms with E-state index in [1.165, 1.54) is 10.4 Å². The Morgan fingerprint density at radius 2 is 1.90 bits per heavy atom. The number of thiophene rings is 1. The van der Waals surface area contributed by atoms with E-state index in [0.29, 0.717) is 0 Å². The van der Waals surface area contributed by atoms with E-state index in [1.54, 1.807) is 23.1 Å². The van der Waals surface area contributed by atoms with Crippen molar-refractivity contribution in [2.75, 3.05) is 26.2 Å². The second-order valence-corrected chi connectivity index (χ2v) is 9.18. The van der Waals surface area contributed by atoms with Gasteiger partial charge in [0.15, 0.2) is 0 Å². The Hall–Kier alpha value is -2.15. The molecule has 6 heteroatoms. The molecule has 0 aliphatic carbocycles. The van der Waals surface area contributed by atoms with Gasteiger partial charge in [0.25, 0.3) is 5.91 Å². The van der Waals surface area contributed by atoms with Gasteiger partial charge >= 0.3 is 0 Å². The second-order valence-electron chi connectivity index (χ2n) is 7.15. The number of thioether (sulfide) groups is 1. The zero-order valence-corrected chi connectivity index (χ0v) is 18.0. The maximum atomic E-state index is 13.0. The quantitative estimate of drug-likeness (QED) is 0.535. The van der Waals surface area contributed by atoms with Gasteiger partial charge < -0.3 is 4.90 Å². The molecule has 29 heavy (non-hydrogen) atoms. The fourth-order valence-electron chi connectivity index (χ4n) is 3.47. The van der Waals surface area contributed by atoms with Gasteiger partial charge in [0.1, 0.15) is 0 Å². The van der Waals surface area contributed by atoms with E-state index in [1.807, 2.05) is 41.4 Å². The lowest BCUT2D eigenvalue weighted by Gasteiger charge is -2.22. The molecule has 150 valence electrons. The monoisotopic (exact) mass is 423 g/mol. The lowest BCUT2D eigenvalue weighted by Crippen LogP contribution is -2.35. The molecule has 1 aliphatic heterocycles. The van der Waals surface area contributed by atoms with E-state index < -0.39 is 0 Å². The molecule has 0 N–H and O–H groups in total. The summed E-state index contributed by atoms with van der Waals surface area (Å²) >= 11 is 3.51. The van der Waals surface area contributed by atoms with Gasteiger partial charge in [-0.3, -0.25) is 9.69 Å². The highest BCUT2D eigenvalue weighted by Gasteiger charge is 2.20. The number of hydrogen-bond donors (Lipinski definition) is 0. The van der Waals surface area contributed by atoms with Gasteiger partial charge in [0, 0.05) is 55.1 Å². The average Bonchev–Trinajstić information content (AvgIpc) is 3.17. The molecule has 0 radical (unpaired) electrons. The van der Waals surface area contributed by atoms with Crippen molar-refractivity contribution in [2.45, 2.75) is 23.7 Å². The minimum atomic E-state index is 0.145. The number of nitrogens with zero attached hydrogens (tertiary/aromatic N) is 3. The molecule has 1 aliphatic rings. The van der Waals surface area contributed by atoms with Crippen LogP contribution in [0.25, 0.3) is 0 Å². The molecule has 4 nitrogen and oxygen atoms in total. The molecule has 0 saturated carbocycles. The first-order chi connectivity index (χ1) is 14.3. The van der Waals surface area contributed by atoms with Crippen molar-refractivity contribution >= 4 is 29.0 Å². The molecule has 1 saturated heterocycles. The summed E-state index contributed by atoms with van der Waals surface area (Å²) in [7, 11) is 0. The second kappa shape index (κ2) is 10.1. The van der Waals surface area contributed by atoms with Crippen molar-refractivity contribution < 1.29 is 4.79 Å². The van der Waals surface area contributed by atoms with E-state index in [-0.39, 0.29) is 5.91 Å². The van der Waals surface area contributed by atoms with E-state index in [0.717, 1.165) is 55.5 Å². The highest BCUT2D eigenvalue weighted by Crippen LogP contribution is 2.21. The number of rotatable bonds is 6. The zero-order chi connectivity index (χ0) is 19.9. The molecule has 1 fully saturated rings. The van der Waals surface area contributed by atoms with Crippen LogP contribution in [0.4, 0.5) is 0 Å². The van der Waals surface area contributed by atoms with Crippen molar-refractivity contribution in [1.29, 1.82) is 0 Å². The summed E-state index contributed by atoms with van der Waals surface area (Å²) < 4.78 is 0. The van der Waals surface area contributed by atoms with Gasteiger partial charge in [0.2, 0.25) is 0 Å². The molecule has 0 spiro atoms. The summed E-state index contributed by atoms with van der Waals surface area (Å²) in [5, 5.41) is 3.14. The third-order valence-electron chi connectivity index (χ3n) is 5.06. The molecule has 0 bridgehead atoms. The van der Waals surface area contributed by atoms with Crippen molar-refractivity contribution in [3.05, 3.63) is 82.2 Å². The zero-order valence-electron chi connectivity index (χ0n) is 16.4. The molecular formula is C23H25N3OS2. The Labute approximate surface area is 180 Å². The predicted octanol–water partition coefficient (Wildman–Crippen LogP) is 4.78. The van der Waals surface area contributed by atoms with Crippen molar-refractivity contribution in [1.82, 2.24) is 14.8 Å². The number of carbonyl (C=O) groups excluding carboxylic acids is 1. The largest absolute Gasteiger partial charge is 0.337 e. The normalized spacial score (nSPS) is 15.2. The van der Waals surface area contributed by atoms with E-state index in [2.05, 4.69) is 39.5 Å². The fraction of sp³-hybridized carbons (Fsp3) is 0.304. The SMILES string of the molecule is O=C(c1ccc(CSc2ccccn2)cc1)N1CCCN(Cc2cccs2)CC1. The van der Waals surface area contributed by atoms with Crippen molar-refractivity contribution in [3.63, 3.8) is 0 Å². The van der Waals surface area contributed by atoms with Crippen molar-refractivity contribution in [2.24, 2.45) is 0 Å². The van der Waals surface area contributed by atoms with E-state index in [9.17, 15) is 4.79 Å². The Morgan fingerprint density at radius 3 is 2.66 bits per heavy atom. The maximum Gasteiger partial charge on any atom is 0.253 e. The number of amides is 1. The number of hydrogen-bond acceptors (Lipinski definition) is 5. The van der Waals surface area contributed by atoms with Gasteiger partial charge in [0.05, 0.1) is 5.03 Å². The number of benzene rings is 1. The van der Waals surface area contributed by atoms with Gasteiger partial charge in [-0.25, -0.2) is 4.98 Å². The molecule has 3 heterocycles. The maximum absolute atomic E-state index is 13.0. The molecular weight excluding hydrogens is 398 g/mol. The first-order valence-electron chi connectivity index (χ1n) is 9.95. The lowest BCUT2D eigenvalue weighted by atomic mass is 10.1. The third kappa shape index (κ3) is 5.69. The summed E-state index contributed by atoms with van der Waals surface area (Å²) in [5.41, 5.74) is 1.98. The molecule has 2 aromatic heterocycles. The number of pyridine rings is 1. The predicted molar refractivity (Wildman–Crippen MR) is 120 cm³/mol. The molecule has 0 atom stereocenters. The Balaban J connectivity index is 1.30. The average molecular weight is 424 g/mol. The van der Waals surface area contributed by atoms with Gasteiger partial charge in [-0.2, -0.15) is 0 Å². The smallest absolute Gasteiger partial charge is 0.253 e. The number of aromatic nitrogens is 1. The van der Waals surface area contributed by atoms with Crippen LogP contribution in [0.15, 0.2) is 71.2 Å². The van der Waals surface area contributed by atoms with Gasteiger partial charge in [-0.1, -0.05) is 24.3 Å². The fourth-order valence-corrected chi connectivity index (χ4v) is 5.03. The Kier molecular flexibility index (Phi) is 6.98. The lowest BCUT2D eigenvalue weighted by molar-refractivity contribution is 0.0761. The van der Waals surface area contributed by atoms with Crippen LogP contribution < -0.4 is 0 Å². The Morgan fingerprint density at radius 1 is 1.00 bits per heavy atom. The van der Waals surface area contributed by atoms with Crippen molar-refractivity contribution in [3.8, 4) is 0 Å². The molecule has 0 unspecified atom stereocenters. The first-order valence-corrected chi connectivity index (χ1v) is 11.8. The highest BCUT2D eigenvalue weighted by atomic mass is 32.2. The van der Waals surface area contributed by atoms with Crippen LogP contribution in [-0.4, -0.2) is 46.9 Å². The first kappa shape index (κ1) is 20.1. The summed E-state index contributed by atoms with van der Waals surface area (Å²) in [6, 6.07) is 18.3. The molecule has 3 aromatic rings. The summed E-state index contributed by atoms with van der Waals surface area (Å²) in [5.74, 6) is 0.999. The van der Waals surface area contributed by atoms with Crippen LogP contribution in [0.5, 0.6) is 0 Å². The summed E-state index contributed by atoms with van der Waals surface area (Å²) in [4.78, 5) is 23.2. The Bertz CT molecular complexity index is 898. The minimum absolute atomic E-state index is 0.145. The van der Waals surface area contributed by atoms with Crippen LogP contribution in [-0.2, 0) is 12.3 Å². The van der Waals surface area contributed by atoms with Crippen LogP contribution >= 0.6 is 23.1 Å². The van der Waals surface area contributed by atoms with E-state index >= 15 is 0 Å². The number of carbonyl (C=O) groups is 1. The van der Waals surface area contributed by atoms with Crippen LogP contribution in [0.1, 0.15) is 27.2 Å². The van der Waals surface area contributed by atoms with Crippen LogP contribution in [0, 0.1) is 0 Å². The molecule has 1 amide bonds. The molecule has 4 rings (SSSR count). The summed E-state index contributed by atoms with van der Waals surface area (Å²) in [6.45, 7) is 4.59. The van der Waals surface area contributed by atoms with Crippen LogP contribution in [0.2, 0.25) is 0 Å². The third-order valence-corrected chi connectivity index (χ3v) is 6.94. The summed E-state index contributed by atoms with van der Waals surface area (Å²) in [6.07, 6.45) is 2.84. The minimum Gasteiger partial charge on any atom is -0.337 e. The van der Waals surface area contributed by atoms with Gasteiger partial charge in [-0.05, 0) is 47.7 Å². The standard InChI is InChI=1S/C23H25N3OS2/c27-23(26-13-4-12-25(14-15-26)17-21-5-3-16-28-21)20-9-7-19(8-10-20)18-29-22-6-1-2-11-24-22/h1-3,5-11,16H,4,12-15,17-18H2.